The number of methoxy groups -OCH3 is 1. The van der Waals surface area contributed by atoms with Gasteiger partial charge in [-0.05, 0) is 30.6 Å². The van der Waals surface area contributed by atoms with E-state index in [0.717, 1.165) is 25.7 Å². The van der Waals surface area contributed by atoms with Gasteiger partial charge in [-0.25, -0.2) is 0 Å². The van der Waals surface area contributed by atoms with E-state index in [4.69, 9.17) is 16.3 Å². The van der Waals surface area contributed by atoms with Crippen molar-refractivity contribution in [2.45, 2.75) is 6.04 Å². The van der Waals surface area contributed by atoms with Crippen LogP contribution in [0.2, 0.25) is 5.02 Å². The Labute approximate surface area is 124 Å². The van der Waals surface area contributed by atoms with Crippen molar-refractivity contribution >= 4 is 38.9 Å². The average molecular weight is 347 g/mol. The Balaban J connectivity index is 2.48. The van der Waals surface area contributed by atoms with Crippen LogP contribution in [0.25, 0.3) is 0 Å². The lowest BCUT2D eigenvalue weighted by molar-refractivity contribution is 0.405. The van der Waals surface area contributed by atoms with Gasteiger partial charge in [0.05, 0.1) is 18.2 Å². The predicted octanol–water partition coefficient (Wildman–Crippen LogP) is 4.48. The molecular formula is C13H13BrClNOS. The maximum Gasteiger partial charge on any atom is 0.125 e. The summed E-state index contributed by atoms with van der Waals surface area (Å²) in [6.07, 6.45) is 0. The molecule has 1 aromatic heterocycles. The fraction of sp³-hybridized carbons (Fsp3) is 0.231. The average Bonchev–Trinajstić information content (AvgIpc) is 2.78. The van der Waals surface area contributed by atoms with Gasteiger partial charge in [-0.15, -0.1) is 11.3 Å². The summed E-state index contributed by atoms with van der Waals surface area (Å²) >= 11 is 11.3. The van der Waals surface area contributed by atoms with Crippen molar-refractivity contribution in [3.8, 4) is 5.75 Å². The Hall–Kier alpha value is -0.550. The molecule has 0 spiro atoms. The van der Waals surface area contributed by atoms with Crippen molar-refractivity contribution in [3.63, 3.8) is 0 Å². The van der Waals surface area contributed by atoms with Crippen molar-refractivity contribution < 1.29 is 4.74 Å². The first-order chi connectivity index (χ1) is 8.67. The van der Waals surface area contributed by atoms with E-state index in [-0.39, 0.29) is 6.04 Å². The van der Waals surface area contributed by atoms with Crippen LogP contribution in [0.1, 0.15) is 16.5 Å². The Bertz CT molecular complexity index is 544. The van der Waals surface area contributed by atoms with Crippen molar-refractivity contribution in [3.05, 3.63) is 49.6 Å². The minimum absolute atomic E-state index is 0.0422. The third kappa shape index (κ3) is 2.72. The molecule has 1 heterocycles. The quantitative estimate of drug-likeness (QED) is 0.881. The fourth-order valence-electron chi connectivity index (χ4n) is 1.86. The number of benzene rings is 1. The van der Waals surface area contributed by atoms with Crippen LogP contribution >= 0.6 is 38.9 Å². The normalized spacial score (nSPS) is 12.4. The Morgan fingerprint density at radius 2 is 2.17 bits per heavy atom. The number of thiophene rings is 1. The molecule has 0 saturated carbocycles. The van der Waals surface area contributed by atoms with Crippen molar-refractivity contribution in [1.82, 2.24) is 5.32 Å². The molecule has 1 unspecified atom stereocenters. The molecule has 0 bridgehead atoms. The highest BCUT2D eigenvalue weighted by Crippen LogP contribution is 2.37. The highest BCUT2D eigenvalue weighted by Gasteiger charge is 2.20. The van der Waals surface area contributed by atoms with Gasteiger partial charge in [-0.1, -0.05) is 33.6 Å². The minimum Gasteiger partial charge on any atom is -0.496 e. The summed E-state index contributed by atoms with van der Waals surface area (Å²) in [6, 6.07) is 7.96. The maximum absolute atomic E-state index is 6.21. The maximum atomic E-state index is 6.21. The third-order valence-corrected chi connectivity index (χ3v) is 4.62. The van der Waals surface area contributed by atoms with Crippen molar-refractivity contribution in [2.24, 2.45) is 0 Å². The molecule has 2 nitrogen and oxygen atoms in total. The molecule has 0 radical (unpaired) electrons. The number of hydrogen-bond acceptors (Lipinski definition) is 3. The molecule has 1 N–H and O–H groups in total. The molecule has 0 amide bonds. The standard InChI is InChI=1S/C13H13BrClNOS/c1-16-12(13-10(15)5-6-18-13)9-4-3-8(14)7-11(9)17-2/h3-7,12,16H,1-2H3. The molecule has 0 aliphatic rings. The van der Waals surface area contributed by atoms with Crippen LogP contribution in [0.15, 0.2) is 34.1 Å². The van der Waals surface area contributed by atoms with Crippen molar-refractivity contribution in [2.75, 3.05) is 14.2 Å². The molecule has 96 valence electrons. The van der Waals surface area contributed by atoms with Crippen LogP contribution in [0, 0.1) is 0 Å². The molecule has 0 fully saturated rings. The van der Waals surface area contributed by atoms with E-state index in [0.29, 0.717) is 0 Å². The van der Waals surface area contributed by atoms with Crippen LogP contribution in [-0.2, 0) is 0 Å². The van der Waals surface area contributed by atoms with Crippen LogP contribution in [0.5, 0.6) is 5.75 Å². The predicted molar refractivity (Wildman–Crippen MR) is 80.9 cm³/mol. The molecule has 2 rings (SSSR count). The summed E-state index contributed by atoms with van der Waals surface area (Å²) in [5.41, 5.74) is 1.08. The molecule has 1 atom stereocenters. The zero-order valence-corrected chi connectivity index (χ0v) is 13.2. The SMILES string of the molecule is CNC(c1ccc(Br)cc1OC)c1sccc1Cl. The molecule has 5 heteroatoms. The van der Waals surface area contributed by atoms with Gasteiger partial charge in [-0.2, -0.15) is 0 Å². The van der Waals surface area contributed by atoms with Crippen LogP contribution in [0.4, 0.5) is 0 Å². The van der Waals surface area contributed by atoms with Gasteiger partial charge in [0.15, 0.2) is 0 Å². The summed E-state index contributed by atoms with van der Waals surface area (Å²) in [7, 11) is 3.59. The second-order valence-electron chi connectivity index (χ2n) is 3.74. The topological polar surface area (TPSA) is 21.3 Å². The highest BCUT2D eigenvalue weighted by molar-refractivity contribution is 9.10. The summed E-state index contributed by atoms with van der Waals surface area (Å²) in [6.45, 7) is 0. The zero-order valence-electron chi connectivity index (χ0n) is 10.0. The largest absolute Gasteiger partial charge is 0.496 e. The lowest BCUT2D eigenvalue weighted by atomic mass is 10.0. The summed E-state index contributed by atoms with van der Waals surface area (Å²) < 4.78 is 6.43. The van der Waals surface area contributed by atoms with E-state index in [1.165, 1.54) is 0 Å². The van der Waals surface area contributed by atoms with E-state index in [9.17, 15) is 0 Å². The van der Waals surface area contributed by atoms with Crippen molar-refractivity contribution in [1.29, 1.82) is 0 Å². The second kappa shape index (κ2) is 6.06. The van der Waals surface area contributed by atoms with E-state index in [2.05, 4.69) is 21.2 Å². The Morgan fingerprint density at radius 1 is 1.39 bits per heavy atom. The van der Waals surface area contributed by atoms with E-state index in [1.54, 1.807) is 18.4 Å². The molecule has 0 saturated heterocycles. The van der Waals surface area contributed by atoms with Gasteiger partial charge in [-0.3, -0.25) is 0 Å². The van der Waals surface area contributed by atoms with Gasteiger partial charge in [0.25, 0.3) is 0 Å². The molecule has 0 aliphatic carbocycles. The number of hydrogen-bond donors (Lipinski definition) is 1. The van der Waals surface area contributed by atoms with Crippen LogP contribution < -0.4 is 10.1 Å². The summed E-state index contributed by atoms with van der Waals surface area (Å²) in [5.74, 6) is 0.841. The van der Waals surface area contributed by atoms with E-state index in [1.807, 2.05) is 36.7 Å². The van der Waals surface area contributed by atoms with E-state index >= 15 is 0 Å². The summed E-state index contributed by atoms with van der Waals surface area (Å²) in [5, 5.41) is 6.06. The Morgan fingerprint density at radius 3 is 2.72 bits per heavy atom. The monoisotopic (exact) mass is 345 g/mol. The number of rotatable bonds is 4. The zero-order chi connectivity index (χ0) is 13.1. The van der Waals surface area contributed by atoms with Gasteiger partial charge in [0, 0.05) is 14.9 Å². The first kappa shape index (κ1) is 13.9. The summed E-state index contributed by atoms with van der Waals surface area (Å²) in [4.78, 5) is 1.10. The minimum atomic E-state index is 0.0422. The van der Waals surface area contributed by atoms with Crippen LogP contribution in [0.3, 0.4) is 0 Å². The van der Waals surface area contributed by atoms with Crippen LogP contribution in [-0.4, -0.2) is 14.2 Å². The van der Waals surface area contributed by atoms with Gasteiger partial charge < -0.3 is 10.1 Å². The Kier molecular flexibility index (Phi) is 4.67. The third-order valence-electron chi connectivity index (χ3n) is 2.70. The first-order valence-electron chi connectivity index (χ1n) is 5.41. The lowest BCUT2D eigenvalue weighted by Crippen LogP contribution is -2.17. The number of nitrogens with one attached hydrogen (secondary N) is 1. The highest BCUT2D eigenvalue weighted by atomic mass is 79.9. The van der Waals surface area contributed by atoms with Gasteiger partial charge in [0.2, 0.25) is 0 Å². The second-order valence-corrected chi connectivity index (χ2v) is 6.01. The van der Waals surface area contributed by atoms with Gasteiger partial charge in [0.1, 0.15) is 5.75 Å². The molecular weight excluding hydrogens is 334 g/mol. The number of halogens is 2. The number of ether oxygens (including phenoxy) is 1. The van der Waals surface area contributed by atoms with E-state index < -0.39 is 0 Å². The molecule has 0 aliphatic heterocycles. The molecule has 18 heavy (non-hydrogen) atoms. The lowest BCUT2D eigenvalue weighted by Gasteiger charge is -2.19. The molecule has 2 aromatic rings. The first-order valence-corrected chi connectivity index (χ1v) is 7.46. The smallest absolute Gasteiger partial charge is 0.125 e. The van der Waals surface area contributed by atoms with Gasteiger partial charge >= 0.3 is 0 Å². The fourth-order valence-corrected chi connectivity index (χ4v) is 3.50. The molecule has 1 aromatic carbocycles.